The molecule has 0 saturated carbocycles. The van der Waals surface area contributed by atoms with Crippen molar-refractivity contribution in [3.63, 3.8) is 0 Å². The maximum Gasteiger partial charge on any atom is 0.326 e. The third-order valence-corrected chi connectivity index (χ3v) is 12.5. The molecular weight excluding hydrogens is 1070 g/mol. The third-order valence-electron chi connectivity index (χ3n) is 12.5. The first-order valence-electron chi connectivity index (χ1n) is 26.7. The second-order valence-corrected chi connectivity index (χ2v) is 20.4. The van der Waals surface area contributed by atoms with Gasteiger partial charge >= 0.3 is 17.9 Å². The van der Waals surface area contributed by atoms with Gasteiger partial charge < -0.3 is 91.0 Å². The average molecular weight is 1160 g/mol. The van der Waals surface area contributed by atoms with Crippen LogP contribution in [0.4, 0.5) is 0 Å². The van der Waals surface area contributed by atoms with Crippen molar-refractivity contribution in [2.75, 3.05) is 13.1 Å². The fourth-order valence-corrected chi connectivity index (χ4v) is 8.00. The van der Waals surface area contributed by atoms with E-state index in [1.807, 2.05) is 0 Å². The van der Waals surface area contributed by atoms with Gasteiger partial charge in [-0.2, -0.15) is 0 Å². The number of carboxylic acid groups (broad SMARTS) is 3. The van der Waals surface area contributed by atoms with E-state index in [9.17, 15) is 78.3 Å². The summed E-state index contributed by atoms with van der Waals surface area (Å²) >= 11 is 0. The maximum absolute atomic E-state index is 14.3. The van der Waals surface area contributed by atoms with E-state index in [-0.39, 0.29) is 75.0 Å². The highest BCUT2D eigenvalue weighted by Gasteiger charge is 2.36. The molecule has 0 bridgehead atoms. The number of carbonyl (C=O) groups is 11. The van der Waals surface area contributed by atoms with Gasteiger partial charge in [0.15, 0.2) is 5.96 Å². The van der Waals surface area contributed by atoms with Gasteiger partial charge in [0.2, 0.25) is 47.3 Å². The van der Waals surface area contributed by atoms with Crippen LogP contribution in [0.25, 0.3) is 0 Å². The van der Waals surface area contributed by atoms with Gasteiger partial charge in [-0.1, -0.05) is 52.0 Å². The molecular formula is C53H81N13O16. The van der Waals surface area contributed by atoms with E-state index < -0.39 is 145 Å². The lowest BCUT2D eigenvalue weighted by Gasteiger charge is -2.28. The smallest absolute Gasteiger partial charge is 0.326 e. The number of phenols is 2. The molecule has 0 aliphatic carbocycles. The van der Waals surface area contributed by atoms with E-state index in [0.29, 0.717) is 24.0 Å². The van der Waals surface area contributed by atoms with Crippen molar-refractivity contribution in [1.82, 2.24) is 42.5 Å². The van der Waals surface area contributed by atoms with E-state index in [2.05, 4.69) is 47.5 Å². The summed E-state index contributed by atoms with van der Waals surface area (Å²) in [4.78, 5) is 151. The van der Waals surface area contributed by atoms with E-state index >= 15 is 0 Å². The molecule has 2 rings (SSSR count). The van der Waals surface area contributed by atoms with Crippen LogP contribution in [0.2, 0.25) is 0 Å². The molecule has 29 nitrogen and oxygen atoms in total. The Morgan fingerprint density at radius 1 is 0.500 bits per heavy atom. The van der Waals surface area contributed by atoms with Gasteiger partial charge in [-0.3, -0.25) is 52.9 Å². The first kappa shape index (κ1) is 69.5. The number of aliphatic carboxylic acids is 3. The van der Waals surface area contributed by atoms with Crippen molar-refractivity contribution in [2.24, 2.45) is 39.8 Å². The summed E-state index contributed by atoms with van der Waals surface area (Å²) in [7, 11) is 0. The number of hydrogen-bond acceptors (Lipinski definition) is 16. The van der Waals surface area contributed by atoms with Crippen LogP contribution in [0.1, 0.15) is 104 Å². The number of unbranched alkanes of at least 4 members (excludes halogenated alkanes) is 1. The minimum Gasteiger partial charge on any atom is -0.508 e. The molecule has 0 saturated heterocycles. The summed E-state index contributed by atoms with van der Waals surface area (Å²) in [6.45, 7) is 8.27. The van der Waals surface area contributed by atoms with E-state index in [1.54, 1.807) is 27.7 Å². The number of phenolic OH excluding ortho intramolecular Hbond substituents is 2. The summed E-state index contributed by atoms with van der Waals surface area (Å²) in [5, 5.41) is 68.6. The SMILES string of the molecule is CC(C)C[C@H](NC(=O)[C@H](C)NC(=O)[C@H](Cc1ccc(O)cc1)NC(=O)[C@H](CC(=O)O)NC(=O)[C@H](CCCCN)NC(=O)[C@H](CCC(=O)O)NC(=O)[C@H](Cc1ccc(O)cc1)NC(=O)[C@@H](NC(=O)[C@@H](N)CCCN=C(N)N)C(C)C)C(=O)O. The molecule has 29 heteroatoms. The molecule has 0 aromatic heterocycles. The number of nitrogens with zero attached hydrogens (tertiary/aromatic N) is 1. The van der Waals surface area contributed by atoms with Gasteiger partial charge in [-0.25, -0.2) is 4.79 Å². The quantitative estimate of drug-likeness (QED) is 0.0188. The highest BCUT2D eigenvalue weighted by atomic mass is 16.4. The number of nitrogens with one attached hydrogen (secondary N) is 8. The Balaban J connectivity index is 2.50. The Labute approximate surface area is 474 Å². The Morgan fingerprint density at radius 2 is 0.951 bits per heavy atom. The lowest BCUT2D eigenvalue weighted by atomic mass is 9.99. The summed E-state index contributed by atoms with van der Waals surface area (Å²) in [6.07, 6.45) is -2.20. The topological polar surface area (TPSA) is 502 Å². The molecule has 2 aromatic rings. The van der Waals surface area contributed by atoms with Crippen LogP contribution in [0.5, 0.6) is 11.5 Å². The number of carbonyl (C=O) groups excluding carboxylic acids is 8. The molecule has 8 amide bonds. The molecule has 0 aliphatic rings. The number of hydrogen-bond donors (Lipinski definition) is 17. The molecule has 454 valence electrons. The van der Waals surface area contributed by atoms with Crippen molar-refractivity contribution in [2.45, 2.75) is 160 Å². The zero-order valence-electron chi connectivity index (χ0n) is 46.6. The number of rotatable bonds is 37. The first-order valence-corrected chi connectivity index (χ1v) is 26.7. The molecule has 0 fully saturated rings. The standard InChI is InChI=1S/C53H81N13O16/c1-27(2)23-40(52(81)82)65-44(73)29(5)59-48(77)37(24-30-11-15-32(67)16-12-30)62-50(79)39(26-42(71)72)63-46(75)35(10-6-7-21-54)60-47(76)36(19-20-41(69)70)61-49(78)38(25-31-13-17-33(68)18-14-31)64-51(80)43(28(3)4)66-45(74)34(55)9-8-22-58-53(56)57/h11-18,27-29,34-40,43,67-68H,6-10,19-26,54-55H2,1-5H3,(H,59,77)(H,60,76)(H,61,78)(H,62,79)(H,63,75)(H,64,80)(H,65,73)(H,66,74)(H,69,70)(H,71,72)(H,81,82)(H4,56,57,58)/t29-,34-,35-,36-,37-,38-,39-,40-,43-/m0/s1. The number of guanidine groups is 1. The van der Waals surface area contributed by atoms with Crippen LogP contribution < -0.4 is 65.5 Å². The first-order chi connectivity index (χ1) is 38.5. The second-order valence-electron chi connectivity index (χ2n) is 20.4. The number of nitrogens with two attached hydrogens (primary N) is 4. The summed E-state index contributed by atoms with van der Waals surface area (Å²) in [5.74, 6) is -13.4. The Morgan fingerprint density at radius 3 is 1.41 bits per heavy atom. The van der Waals surface area contributed by atoms with Crippen molar-refractivity contribution in [3.8, 4) is 11.5 Å². The monoisotopic (exact) mass is 1160 g/mol. The fourth-order valence-electron chi connectivity index (χ4n) is 8.00. The maximum atomic E-state index is 14.3. The second kappa shape index (κ2) is 35.2. The van der Waals surface area contributed by atoms with Crippen molar-refractivity contribution in [1.29, 1.82) is 0 Å². The third kappa shape index (κ3) is 26.1. The number of carboxylic acids is 3. The predicted molar refractivity (Wildman–Crippen MR) is 297 cm³/mol. The average Bonchev–Trinajstić information content (AvgIpc) is 3.45. The van der Waals surface area contributed by atoms with E-state index in [4.69, 9.17) is 22.9 Å². The van der Waals surface area contributed by atoms with E-state index in [0.717, 1.165) is 0 Å². The lowest BCUT2D eigenvalue weighted by molar-refractivity contribution is -0.142. The largest absolute Gasteiger partial charge is 0.508 e. The molecule has 2 aromatic carbocycles. The highest BCUT2D eigenvalue weighted by molar-refractivity contribution is 5.99. The highest BCUT2D eigenvalue weighted by Crippen LogP contribution is 2.16. The Hall–Kier alpha value is -8.60. The van der Waals surface area contributed by atoms with Crippen LogP contribution >= 0.6 is 0 Å². The minimum atomic E-state index is -1.96. The summed E-state index contributed by atoms with van der Waals surface area (Å²) < 4.78 is 0. The Bertz CT molecular complexity index is 2530. The van der Waals surface area contributed by atoms with Gasteiger partial charge in [0.25, 0.3) is 0 Å². The molecule has 0 spiro atoms. The van der Waals surface area contributed by atoms with Gasteiger partial charge in [0.05, 0.1) is 12.5 Å². The van der Waals surface area contributed by atoms with Gasteiger partial charge in [0, 0.05) is 25.8 Å². The molecule has 0 radical (unpaired) electrons. The molecule has 0 unspecified atom stereocenters. The number of amides is 8. The normalized spacial score (nSPS) is 14.4. The molecule has 82 heavy (non-hydrogen) atoms. The molecule has 21 N–H and O–H groups in total. The van der Waals surface area contributed by atoms with Crippen LogP contribution in [0.15, 0.2) is 53.5 Å². The predicted octanol–water partition coefficient (Wildman–Crippen LogP) is -2.58. The lowest BCUT2D eigenvalue weighted by Crippen LogP contribution is -2.61. The number of aromatic hydroxyl groups is 2. The van der Waals surface area contributed by atoms with Gasteiger partial charge in [0.1, 0.15) is 59.8 Å². The van der Waals surface area contributed by atoms with Crippen LogP contribution in [0, 0.1) is 11.8 Å². The zero-order chi connectivity index (χ0) is 61.8. The molecule has 0 heterocycles. The van der Waals surface area contributed by atoms with Crippen molar-refractivity contribution < 1.29 is 78.3 Å². The van der Waals surface area contributed by atoms with Crippen LogP contribution in [-0.2, 0) is 65.6 Å². The van der Waals surface area contributed by atoms with Gasteiger partial charge in [-0.15, -0.1) is 0 Å². The fraction of sp³-hybridized carbons (Fsp3) is 0.547. The van der Waals surface area contributed by atoms with Crippen LogP contribution in [-0.4, -0.2) is 164 Å². The molecule has 9 atom stereocenters. The zero-order valence-corrected chi connectivity index (χ0v) is 46.6. The van der Waals surface area contributed by atoms with Gasteiger partial charge in [-0.05, 0) is 106 Å². The number of aliphatic imine (C=N–C) groups is 1. The van der Waals surface area contributed by atoms with Crippen molar-refractivity contribution >= 4 is 71.1 Å². The Kier molecular flexibility index (Phi) is 29.8. The number of benzene rings is 2. The molecule has 0 aliphatic heterocycles. The minimum absolute atomic E-state index is 0.0640. The van der Waals surface area contributed by atoms with Crippen LogP contribution in [0.3, 0.4) is 0 Å². The summed E-state index contributed by atoms with van der Waals surface area (Å²) in [6, 6.07) is -2.56. The van der Waals surface area contributed by atoms with Crippen molar-refractivity contribution in [3.05, 3.63) is 59.7 Å². The summed E-state index contributed by atoms with van der Waals surface area (Å²) in [5.41, 5.74) is 23.3. The van der Waals surface area contributed by atoms with E-state index in [1.165, 1.54) is 55.5 Å².